The molecule has 42 heavy (non-hydrogen) atoms. The number of carboxylic acid groups (broad SMARTS) is 1. The lowest BCUT2D eigenvalue weighted by molar-refractivity contribution is 0.0697. The molecule has 2 aliphatic rings. The third kappa shape index (κ3) is 5.71. The highest BCUT2D eigenvalue weighted by molar-refractivity contribution is 6.30. The number of ether oxygens (including phenoxy) is 1. The number of nitriles is 1. The molecule has 2 aromatic heterocycles. The van der Waals surface area contributed by atoms with E-state index in [1.807, 2.05) is 10.6 Å². The second-order valence-corrected chi connectivity index (χ2v) is 11.3. The predicted molar refractivity (Wildman–Crippen MR) is 152 cm³/mol. The summed E-state index contributed by atoms with van der Waals surface area (Å²) in [4.78, 5) is 23.0. The van der Waals surface area contributed by atoms with E-state index in [0.717, 1.165) is 30.2 Å². The molecular formula is C31H26ClF2N5O3. The fourth-order valence-corrected chi connectivity index (χ4v) is 5.47. The smallest absolute Gasteiger partial charge is 0.335 e. The number of fused-ring (bicyclic) bond motifs is 1. The Bertz CT molecular complexity index is 1780. The maximum absolute atomic E-state index is 14.9. The number of carboxylic acids is 1. The summed E-state index contributed by atoms with van der Waals surface area (Å²) < 4.78 is 36.6. The highest BCUT2D eigenvalue weighted by atomic mass is 35.5. The van der Waals surface area contributed by atoms with E-state index in [2.05, 4.69) is 16.0 Å². The second-order valence-electron chi connectivity index (χ2n) is 10.9. The number of imidazole rings is 1. The number of pyridine rings is 1. The van der Waals surface area contributed by atoms with Crippen molar-refractivity contribution >= 4 is 34.2 Å². The van der Waals surface area contributed by atoms with Gasteiger partial charge in [-0.1, -0.05) is 17.7 Å². The van der Waals surface area contributed by atoms with Crippen LogP contribution in [0.3, 0.4) is 0 Å². The molecule has 4 aromatic rings. The van der Waals surface area contributed by atoms with Crippen LogP contribution in [0.4, 0.5) is 8.78 Å². The zero-order valence-electron chi connectivity index (χ0n) is 22.5. The fraction of sp³-hybridized carbons (Fsp3) is 0.290. The van der Waals surface area contributed by atoms with Gasteiger partial charge in [0.25, 0.3) is 0 Å². The summed E-state index contributed by atoms with van der Waals surface area (Å²) in [6.07, 6.45) is 4.21. The molecule has 1 N–H and O–H groups in total. The SMILES string of the molecule is N#CCC1(Cn2c(CN3CC=C(c4nc(COc5ccc(Cl)cc5F)ccc4F)C3)nc3ccc(C(=O)O)cc32)CC1. The molecule has 6 rings (SSSR count). The number of nitrogens with zero attached hydrogens (tertiary/aromatic N) is 5. The standard InChI is InChI=1S/C31H26ClF2N5O3/c32-21-2-6-27(24(34)14-21)42-17-22-3-4-23(33)29(36-22)20-7-12-38(15-20)16-28-37-25-5-1-19(30(40)41)13-26(25)39(28)18-31(8-9-31)10-11-35/h1-7,13-14H,8-10,12,15-18H2,(H,40,41). The quantitative estimate of drug-likeness (QED) is 0.234. The van der Waals surface area contributed by atoms with Crippen LogP contribution in [0, 0.1) is 28.4 Å². The maximum Gasteiger partial charge on any atom is 0.335 e. The maximum atomic E-state index is 14.9. The Morgan fingerprint density at radius 1 is 1.12 bits per heavy atom. The number of benzene rings is 2. The molecule has 0 radical (unpaired) electrons. The average molecular weight is 590 g/mol. The van der Waals surface area contributed by atoms with E-state index < -0.39 is 17.6 Å². The minimum absolute atomic E-state index is 0.0273. The molecule has 11 heteroatoms. The van der Waals surface area contributed by atoms with Gasteiger partial charge in [0.05, 0.1) is 34.9 Å². The minimum Gasteiger partial charge on any atom is -0.484 e. The normalized spacial score (nSPS) is 15.9. The summed E-state index contributed by atoms with van der Waals surface area (Å²) in [5.74, 6) is -1.29. The highest BCUT2D eigenvalue weighted by Crippen LogP contribution is 2.50. The molecule has 0 amide bonds. The summed E-state index contributed by atoms with van der Waals surface area (Å²) in [6, 6.07) is 14.1. The van der Waals surface area contributed by atoms with Gasteiger partial charge in [0.1, 0.15) is 23.9 Å². The van der Waals surface area contributed by atoms with Crippen molar-refractivity contribution < 1.29 is 23.4 Å². The Labute approximate surface area is 245 Å². The van der Waals surface area contributed by atoms with Crippen LogP contribution in [0.5, 0.6) is 5.75 Å². The van der Waals surface area contributed by atoms with Crippen molar-refractivity contribution in [2.24, 2.45) is 5.41 Å². The molecule has 0 spiro atoms. The van der Waals surface area contributed by atoms with Gasteiger partial charge in [-0.3, -0.25) is 4.90 Å². The second kappa shape index (κ2) is 11.2. The summed E-state index contributed by atoms with van der Waals surface area (Å²) in [5, 5.41) is 19.2. The van der Waals surface area contributed by atoms with Crippen LogP contribution in [-0.4, -0.2) is 43.6 Å². The largest absolute Gasteiger partial charge is 0.484 e. The average Bonchev–Trinajstić information content (AvgIpc) is 3.42. The molecule has 0 saturated heterocycles. The Hall–Kier alpha value is -4.33. The molecule has 1 saturated carbocycles. The van der Waals surface area contributed by atoms with Crippen LogP contribution in [0.1, 0.15) is 46.8 Å². The van der Waals surface area contributed by atoms with Gasteiger partial charge in [0.2, 0.25) is 0 Å². The van der Waals surface area contributed by atoms with E-state index in [9.17, 15) is 23.9 Å². The first-order valence-corrected chi connectivity index (χ1v) is 13.9. The van der Waals surface area contributed by atoms with E-state index in [0.29, 0.717) is 49.4 Å². The van der Waals surface area contributed by atoms with Crippen molar-refractivity contribution in [3.8, 4) is 11.8 Å². The third-order valence-electron chi connectivity index (χ3n) is 7.81. The van der Waals surface area contributed by atoms with E-state index in [4.69, 9.17) is 21.3 Å². The van der Waals surface area contributed by atoms with Crippen LogP contribution in [0.25, 0.3) is 16.6 Å². The zero-order chi connectivity index (χ0) is 29.4. The van der Waals surface area contributed by atoms with E-state index in [1.165, 1.54) is 30.3 Å². The monoisotopic (exact) mass is 589 g/mol. The van der Waals surface area contributed by atoms with Gasteiger partial charge in [-0.25, -0.2) is 23.5 Å². The van der Waals surface area contributed by atoms with E-state index >= 15 is 0 Å². The van der Waals surface area contributed by atoms with Gasteiger partial charge in [-0.05, 0) is 66.9 Å². The number of carbonyl (C=O) groups is 1. The number of halogens is 3. The molecule has 1 aliphatic carbocycles. The topological polar surface area (TPSA) is 104 Å². The van der Waals surface area contributed by atoms with Gasteiger partial charge in [0, 0.05) is 36.5 Å². The molecule has 214 valence electrons. The molecule has 1 aliphatic heterocycles. The number of rotatable bonds is 10. The fourth-order valence-electron chi connectivity index (χ4n) is 5.31. The van der Waals surface area contributed by atoms with Crippen LogP contribution in [-0.2, 0) is 19.7 Å². The molecule has 0 atom stereocenters. The Morgan fingerprint density at radius 2 is 1.95 bits per heavy atom. The van der Waals surface area contributed by atoms with Gasteiger partial charge >= 0.3 is 5.97 Å². The molecule has 1 fully saturated rings. The van der Waals surface area contributed by atoms with Crippen LogP contribution in [0.2, 0.25) is 5.02 Å². The Morgan fingerprint density at radius 3 is 2.69 bits per heavy atom. The molecule has 0 bridgehead atoms. The molecule has 2 aromatic carbocycles. The molecular weight excluding hydrogens is 564 g/mol. The molecule has 8 nitrogen and oxygen atoms in total. The van der Waals surface area contributed by atoms with Crippen molar-refractivity contribution in [1.29, 1.82) is 5.26 Å². The van der Waals surface area contributed by atoms with Crippen molar-refractivity contribution in [2.75, 3.05) is 13.1 Å². The molecule has 3 heterocycles. The van der Waals surface area contributed by atoms with E-state index in [-0.39, 0.29) is 34.1 Å². The van der Waals surface area contributed by atoms with Crippen LogP contribution in [0.15, 0.2) is 54.6 Å². The lowest BCUT2D eigenvalue weighted by atomic mass is 10.0. The van der Waals surface area contributed by atoms with Crippen LogP contribution < -0.4 is 4.74 Å². The van der Waals surface area contributed by atoms with Crippen molar-refractivity contribution in [3.05, 3.63) is 94.0 Å². The number of aromatic nitrogens is 3. The van der Waals surface area contributed by atoms with Crippen LogP contribution >= 0.6 is 11.6 Å². The van der Waals surface area contributed by atoms with E-state index in [1.54, 1.807) is 12.1 Å². The first kappa shape index (κ1) is 27.8. The van der Waals surface area contributed by atoms with Crippen molar-refractivity contribution in [1.82, 2.24) is 19.4 Å². The first-order chi connectivity index (χ1) is 20.2. The molecule has 0 unspecified atom stereocenters. The first-order valence-electron chi connectivity index (χ1n) is 13.5. The Kier molecular flexibility index (Phi) is 7.39. The van der Waals surface area contributed by atoms with Gasteiger partial charge < -0.3 is 14.4 Å². The van der Waals surface area contributed by atoms with Gasteiger partial charge in [-0.15, -0.1) is 0 Å². The van der Waals surface area contributed by atoms with Crippen molar-refractivity contribution in [2.45, 2.75) is 39.0 Å². The Balaban J connectivity index is 1.20. The summed E-state index contributed by atoms with van der Waals surface area (Å²) in [5.41, 5.74) is 2.83. The van der Waals surface area contributed by atoms with Crippen molar-refractivity contribution in [3.63, 3.8) is 0 Å². The van der Waals surface area contributed by atoms with Gasteiger partial charge in [0.15, 0.2) is 11.6 Å². The summed E-state index contributed by atoms with van der Waals surface area (Å²) in [7, 11) is 0. The predicted octanol–water partition coefficient (Wildman–Crippen LogP) is 6.23. The lowest BCUT2D eigenvalue weighted by Crippen LogP contribution is -2.24. The summed E-state index contributed by atoms with van der Waals surface area (Å²) in [6.45, 7) is 1.94. The number of aromatic carboxylic acids is 1. The number of hydrogen-bond donors (Lipinski definition) is 1. The zero-order valence-corrected chi connectivity index (χ0v) is 23.2. The minimum atomic E-state index is -1.02. The third-order valence-corrected chi connectivity index (χ3v) is 8.05. The lowest BCUT2D eigenvalue weighted by Gasteiger charge is -2.20. The highest BCUT2D eigenvalue weighted by Gasteiger charge is 2.43. The van der Waals surface area contributed by atoms with Gasteiger partial charge in [-0.2, -0.15) is 5.26 Å². The summed E-state index contributed by atoms with van der Waals surface area (Å²) >= 11 is 5.80. The number of hydrogen-bond acceptors (Lipinski definition) is 6.